The Labute approximate surface area is 158 Å². The molecule has 1 amide bonds. The fourth-order valence-corrected chi connectivity index (χ4v) is 2.74. The number of carboxylic acids is 1. The van der Waals surface area contributed by atoms with Gasteiger partial charge in [0.15, 0.2) is 12.2 Å². The highest BCUT2D eigenvalue weighted by Crippen LogP contribution is 2.22. The molecule has 0 saturated heterocycles. The van der Waals surface area contributed by atoms with Gasteiger partial charge in [0, 0.05) is 5.56 Å². The van der Waals surface area contributed by atoms with E-state index in [9.17, 15) is 9.59 Å². The Bertz CT molecular complexity index is 953. The number of carboxylic acid groups (broad SMARTS) is 1. The van der Waals surface area contributed by atoms with Gasteiger partial charge in [-0.05, 0) is 24.3 Å². The van der Waals surface area contributed by atoms with Crippen molar-refractivity contribution in [1.29, 1.82) is 0 Å². The van der Waals surface area contributed by atoms with Gasteiger partial charge in [-0.15, -0.1) is 0 Å². The molecule has 0 spiro atoms. The molecule has 1 aromatic heterocycles. The summed E-state index contributed by atoms with van der Waals surface area (Å²) in [5.41, 5.74) is 4.34. The van der Waals surface area contributed by atoms with Gasteiger partial charge in [0.05, 0.1) is 12.0 Å². The summed E-state index contributed by atoms with van der Waals surface area (Å²) < 4.78 is 10.7. The first kappa shape index (κ1) is 18.5. The van der Waals surface area contributed by atoms with E-state index in [1.54, 1.807) is 30.3 Å². The van der Waals surface area contributed by atoms with Crippen molar-refractivity contribution in [2.75, 3.05) is 12.4 Å². The van der Waals surface area contributed by atoms with Crippen LogP contribution in [0.3, 0.4) is 0 Å². The average molecular weight is 385 g/mol. The van der Waals surface area contributed by atoms with Crippen molar-refractivity contribution in [3.8, 4) is 5.75 Å². The zero-order valence-electron chi connectivity index (χ0n) is 14.0. The summed E-state index contributed by atoms with van der Waals surface area (Å²) in [5.74, 6) is -0.964. The van der Waals surface area contributed by atoms with Crippen LogP contribution in [0.4, 0.5) is 0 Å². The van der Waals surface area contributed by atoms with E-state index < -0.39 is 12.6 Å². The number of para-hydroxylation sites is 3. The molecule has 9 heteroatoms. The number of aliphatic carboxylic acids is 1. The average Bonchev–Trinajstić information content (AvgIpc) is 3.08. The number of oxazole rings is 1. The first-order chi connectivity index (χ1) is 13.1. The molecule has 27 heavy (non-hydrogen) atoms. The second-order valence-electron chi connectivity index (χ2n) is 5.25. The third kappa shape index (κ3) is 5.32. The highest BCUT2D eigenvalue weighted by atomic mass is 32.2. The molecule has 0 aliphatic carbocycles. The van der Waals surface area contributed by atoms with E-state index in [4.69, 9.17) is 14.3 Å². The topological polar surface area (TPSA) is 114 Å². The van der Waals surface area contributed by atoms with Gasteiger partial charge in [0.1, 0.15) is 11.3 Å². The quantitative estimate of drug-likeness (QED) is 0.348. The third-order valence-electron chi connectivity index (χ3n) is 3.26. The largest absolute Gasteiger partial charge is 0.481 e. The molecule has 2 aromatic carbocycles. The number of thioether (sulfide) groups is 1. The number of rotatable bonds is 8. The number of carbonyl (C=O) groups excluding carboxylic acids is 1. The van der Waals surface area contributed by atoms with Crippen LogP contribution < -0.4 is 10.2 Å². The molecule has 3 rings (SSSR count). The summed E-state index contributed by atoms with van der Waals surface area (Å²) in [6, 6.07) is 14.1. The van der Waals surface area contributed by atoms with Crippen molar-refractivity contribution < 1.29 is 23.8 Å². The van der Waals surface area contributed by atoms with Crippen LogP contribution in [0.5, 0.6) is 5.75 Å². The van der Waals surface area contributed by atoms with Crippen molar-refractivity contribution in [1.82, 2.24) is 10.4 Å². The summed E-state index contributed by atoms with van der Waals surface area (Å²) in [6.07, 6.45) is 1.39. The van der Waals surface area contributed by atoms with E-state index in [1.165, 1.54) is 6.21 Å². The summed E-state index contributed by atoms with van der Waals surface area (Å²) >= 11 is 1.16. The van der Waals surface area contributed by atoms with Crippen LogP contribution in [0, 0.1) is 0 Å². The molecule has 8 nitrogen and oxygen atoms in total. The van der Waals surface area contributed by atoms with Crippen LogP contribution in [0.25, 0.3) is 11.1 Å². The molecule has 1 heterocycles. The van der Waals surface area contributed by atoms with E-state index in [0.717, 1.165) is 17.3 Å². The third-order valence-corrected chi connectivity index (χ3v) is 4.09. The summed E-state index contributed by atoms with van der Waals surface area (Å²) in [7, 11) is 0. The Balaban J connectivity index is 1.52. The van der Waals surface area contributed by atoms with Crippen molar-refractivity contribution >= 4 is 41.0 Å². The van der Waals surface area contributed by atoms with Crippen LogP contribution in [0.1, 0.15) is 5.56 Å². The molecule has 3 aromatic rings. The number of nitrogens with zero attached hydrogens (tertiary/aromatic N) is 2. The van der Waals surface area contributed by atoms with Gasteiger partial charge in [-0.1, -0.05) is 36.0 Å². The number of nitrogens with one attached hydrogen (secondary N) is 1. The minimum Gasteiger partial charge on any atom is -0.481 e. The number of ether oxygens (including phenoxy) is 1. The second-order valence-corrected chi connectivity index (χ2v) is 6.18. The number of fused-ring (bicyclic) bond motifs is 1. The molecule has 0 saturated carbocycles. The lowest BCUT2D eigenvalue weighted by atomic mass is 10.2. The highest BCUT2D eigenvalue weighted by Gasteiger charge is 2.09. The SMILES string of the molecule is O=C(O)COc1ccccc1C=NNC(=O)CSc1nc2ccccc2o1. The molecule has 0 aliphatic rings. The first-order valence-electron chi connectivity index (χ1n) is 7.86. The van der Waals surface area contributed by atoms with E-state index >= 15 is 0 Å². The maximum absolute atomic E-state index is 11.9. The molecule has 0 bridgehead atoms. The zero-order valence-corrected chi connectivity index (χ0v) is 14.8. The Morgan fingerprint density at radius 2 is 2.00 bits per heavy atom. The van der Waals surface area contributed by atoms with Crippen LogP contribution >= 0.6 is 11.8 Å². The first-order valence-corrected chi connectivity index (χ1v) is 8.84. The number of carbonyl (C=O) groups is 2. The predicted molar refractivity (Wildman–Crippen MR) is 100 cm³/mol. The van der Waals surface area contributed by atoms with Gasteiger partial charge in [-0.3, -0.25) is 4.79 Å². The van der Waals surface area contributed by atoms with E-state index in [-0.39, 0.29) is 11.7 Å². The van der Waals surface area contributed by atoms with E-state index in [2.05, 4.69) is 15.5 Å². The van der Waals surface area contributed by atoms with Gasteiger partial charge in [-0.25, -0.2) is 15.2 Å². The van der Waals surface area contributed by atoms with Gasteiger partial charge < -0.3 is 14.3 Å². The molecule has 138 valence electrons. The van der Waals surface area contributed by atoms with Gasteiger partial charge >= 0.3 is 5.97 Å². The van der Waals surface area contributed by atoms with Gasteiger partial charge in [0.2, 0.25) is 0 Å². The van der Waals surface area contributed by atoms with Crippen LogP contribution in [0.15, 0.2) is 63.3 Å². The Morgan fingerprint density at radius 1 is 1.22 bits per heavy atom. The zero-order chi connectivity index (χ0) is 19.1. The van der Waals surface area contributed by atoms with Crippen molar-refractivity contribution in [3.63, 3.8) is 0 Å². The predicted octanol–water partition coefficient (Wildman–Crippen LogP) is 2.53. The van der Waals surface area contributed by atoms with Crippen molar-refractivity contribution in [2.45, 2.75) is 5.22 Å². The molecule has 0 atom stereocenters. The van der Waals surface area contributed by atoms with E-state index in [0.29, 0.717) is 22.1 Å². The number of benzene rings is 2. The number of hydrazone groups is 1. The molecule has 0 radical (unpaired) electrons. The Hall–Kier alpha value is -3.33. The van der Waals surface area contributed by atoms with Gasteiger partial charge in [0.25, 0.3) is 11.1 Å². The minimum absolute atomic E-state index is 0.0846. The highest BCUT2D eigenvalue weighted by molar-refractivity contribution is 7.99. The fraction of sp³-hybridized carbons (Fsp3) is 0.111. The van der Waals surface area contributed by atoms with Crippen molar-refractivity contribution in [3.05, 3.63) is 54.1 Å². The number of amides is 1. The van der Waals surface area contributed by atoms with Crippen molar-refractivity contribution in [2.24, 2.45) is 5.10 Å². The fourth-order valence-electron chi connectivity index (χ4n) is 2.10. The lowest BCUT2D eigenvalue weighted by Gasteiger charge is -2.06. The maximum atomic E-state index is 11.9. The number of hydrogen-bond donors (Lipinski definition) is 2. The number of hydrogen-bond acceptors (Lipinski definition) is 7. The van der Waals surface area contributed by atoms with E-state index in [1.807, 2.05) is 18.2 Å². The maximum Gasteiger partial charge on any atom is 0.341 e. The standard InChI is InChI=1S/C18H15N3O5S/c22-16(11-27-18-20-13-6-2-4-8-15(13)26-18)21-19-9-12-5-1-3-7-14(12)25-10-17(23)24/h1-9H,10-11H2,(H,21,22)(H,23,24). The molecule has 0 fully saturated rings. The van der Waals surface area contributed by atoms with Gasteiger partial charge in [-0.2, -0.15) is 5.10 Å². The monoisotopic (exact) mass is 385 g/mol. The lowest BCUT2D eigenvalue weighted by Crippen LogP contribution is -2.19. The molecular weight excluding hydrogens is 370 g/mol. The molecular formula is C18H15N3O5S. The molecule has 0 unspecified atom stereocenters. The smallest absolute Gasteiger partial charge is 0.341 e. The molecule has 2 N–H and O–H groups in total. The Morgan fingerprint density at radius 3 is 2.81 bits per heavy atom. The lowest BCUT2D eigenvalue weighted by molar-refractivity contribution is -0.139. The second kappa shape index (κ2) is 8.86. The minimum atomic E-state index is -1.08. The summed E-state index contributed by atoms with van der Waals surface area (Å²) in [6.45, 7) is -0.460. The summed E-state index contributed by atoms with van der Waals surface area (Å²) in [4.78, 5) is 26.8. The molecule has 0 aliphatic heterocycles. The number of aromatic nitrogens is 1. The van der Waals surface area contributed by atoms with Crippen LogP contribution in [-0.4, -0.2) is 40.5 Å². The summed E-state index contributed by atoms with van der Waals surface area (Å²) in [5, 5.41) is 13.0. The van der Waals surface area contributed by atoms with Crippen LogP contribution in [0.2, 0.25) is 0 Å². The van der Waals surface area contributed by atoms with Crippen LogP contribution in [-0.2, 0) is 9.59 Å². The normalized spacial score (nSPS) is 11.0. The Kier molecular flexibility index (Phi) is 6.06.